The Bertz CT molecular complexity index is 1110. The summed E-state index contributed by atoms with van der Waals surface area (Å²) in [6.07, 6.45) is 0. The first-order valence-electron chi connectivity index (χ1n) is 7.67. The van der Waals surface area contributed by atoms with Crippen LogP contribution in [-0.4, -0.2) is 40.2 Å². The lowest BCUT2D eigenvalue weighted by Crippen LogP contribution is -2.23. The monoisotopic (exact) mass is 413 g/mol. The van der Waals surface area contributed by atoms with E-state index in [0.717, 1.165) is 28.1 Å². The summed E-state index contributed by atoms with van der Waals surface area (Å²) in [7, 11) is -5.72. The molecular weight excluding hydrogens is 394 g/mol. The lowest BCUT2D eigenvalue weighted by atomic mass is 10.1. The Labute approximate surface area is 157 Å². The zero-order chi connectivity index (χ0) is 20.6. The normalized spacial score (nSPS) is 12.2. The molecule has 27 heavy (non-hydrogen) atoms. The van der Waals surface area contributed by atoms with Crippen molar-refractivity contribution in [2.45, 2.75) is 23.6 Å². The van der Waals surface area contributed by atoms with Gasteiger partial charge in [-0.25, -0.2) is 21.1 Å². The molecular formula is C16H19N3O6S2. The third kappa shape index (κ3) is 4.26. The maximum Gasteiger partial charge on any atom is 0.291 e. The molecule has 0 saturated heterocycles. The molecule has 0 aromatic heterocycles. The summed E-state index contributed by atoms with van der Waals surface area (Å²) >= 11 is 0. The van der Waals surface area contributed by atoms with Crippen molar-refractivity contribution in [3.05, 3.63) is 57.6 Å². The fraction of sp³-hybridized carbons (Fsp3) is 0.250. The minimum atomic E-state index is -4.31. The number of rotatable bonds is 6. The molecule has 0 fully saturated rings. The number of aryl methyl sites for hydroxylation is 2. The van der Waals surface area contributed by atoms with Gasteiger partial charge in [-0.15, -0.1) is 0 Å². The van der Waals surface area contributed by atoms with Crippen molar-refractivity contribution < 1.29 is 21.8 Å². The highest BCUT2D eigenvalue weighted by atomic mass is 32.2. The first-order chi connectivity index (χ1) is 12.4. The number of benzene rings is 2. The fourth-order valence-corrected chi connectivity index (χ4v) is 4.57. The van der Waals surface area contributed by atoms with Gasteiger partial charge in [-0.1, -0.05) is 17.7 Å². The Kier molecular flexibility index (Phi) is 5.59. The highest BCUT2D eigenvalue weighted by Gasteiger charge is 2.29. The van der Waals surface area contributed by atoms with Crippen LogP contribution in [0.25, 0.3) is 0 Å². The van der Waals surface area contributed by atoms with Gasteiger partial charge in [0.15, 0.2) is 4.90 Å². The van der Waals surface area contributed by atoms with Crippen LogP contribution < -0.4 is 4.72 Å². The van der Waals surface area contributed by atoms with Gasteiger partial charge in [0.25, 0.3) is 15.7 Å². The minimum absolute atomic E-state index is 0.278. The minimum Gasteiger partial charge on any atom is -0.279 e. The van der Waals surface area contributed by atoms with E-state index in [2.05, 4.69) is 4.72 Å². The third-order valence-electron chi connectivity index (χ3n) is 3.82. The number of anilines is 1. The average molecular weight is 413 g/mol. The molecule has 1 N–H and O–H groups in total. The molecule has 146 valence electrons. The topological polar surface area (TPSA) is 127 Å². The van der Waals surface area contributed by atoms with Crippen LogP contribution in [0.1, 0.15) is 11.1 Å². The second kappa shape index (κ2) is 7.25. The summed E-state index contributed by atoms with van der Waals surface area (Å²) in [5.41, 5.74) is 1.03. The molecule has 0 bridgehead atoms. The summed E-state index contributed by atoms with van der Waals surface area (Å²) < 4.78 is 52.9. The number of hydrogen-bond acceptors (Lipinski definition) is 6. The van der Waals surface area contributed by atoms with E-state index in [-0.39, 0.29) is 10.6 Å². The molecule has 0 heterocycles. The van der Waals surface area contributed by atoms with E-state index in [0.29, 0.717) is 5.56 Å². The van der Waals surface area contributed by atoms with Gasteiger partial charge in [-0.2, -0.15) is 0 Å². The van der Waals surface area contributed by atoms with E-state index in [9.17, 15) is 26.9 Å². The van der Waals surface area contributed by atoms with Gasteiger partial charge in [0.2, 0.25) is 10.0 Å². The summed E-state index contributed by atoms with van der Waals surface area (Å²) in [6, 6.07) is 7.70. The molecule has 0 amide bonds. The largest absolute Gasteiger partial charge is 0.291 e. The lowest BCUT2D eigenvalue weighted by molar-refractivity contribution is -0.388. The zero-order valence-electron chi connectivity index (χ0n) is 15.1. The van der Waals surface area contributed by atoms with E-state index in [4.69, 9.17) is 0 Å². The predicted octanol–water partition coefficient (Wildman–Crippen LogP) is 2.26. The number of nitro benzene ring substituents is 1. The molecule has 0 aliphatic rings. The molecule has 2 aromatic rings. The smallest absolute Gasteiger partial charge is 0.279 e. The van der Waals surface area contributed by atoms with Crippen molar-refractivity contribution in [3.8, 4) is 0 Å². The molecule has 2 rings (SSSR count). The molecule has 9 nitrogen and oxygen atoms in total. The fourth-order valence-electron chi connectivity index (χ4n) is 2.37. The highest BCUT2D eigenvalue weighted by molar-refractivity contribution is 7.93. The second-order valence-electron chi connectivity index (χ2n) is 6.10. The Hall–Kier alpha value is -2.50. The predicted molar refractivity (Wildman–Crippen MR) is 101 cm³/mol. The first-order valence-corrected chi connectivity index (χ1v) is 10.6. The average Bonchev–Trinajstić information content (AvgIpc) is 2.56. The van der Waals surface area contributed by atoms with Gasteiger partial charge in [0.1, 0.15) is 0 Å². The number of nitrogens with zero attached hydrogens (tertiary/aromatic N) is 2. The van der Waals surface area contributed by atoms with E-state index in [1.54, 1.807) is 25.1 Å². The van der Waals surface area contributed by atoms with Crippen LogP contribution in [0.2, 0.25) is 0 Å². The van der Waals surface area contributed by atoms with Crippen molar-refractivity contribution in [3.63, 3.8) is 0 Å². The molecule has 0 aliphatic heterocycles. The highest BCUT2D eigenvalue weighted by Crippen LogP contribution is 2.30. The quantitative estimate of drug-likeness (QED) is 0.572. The number of hydrogen-bond donors (Lipinski definition) is 1. The maximum atomic E-state index is 12.7. The Morgan fingerprint density at radius 2 is 1.63 bits per heavy atom. The summed E-state index contributed by atoms with van der Waals surface area (Å²) in [4.78, 5) is 9.47. The van der Waals surface area contributed by atoms with Crippen LogP contribution >= 0.6 is 0 Å². The van der Waals surface area contributed by atoms with Crippen molar-refractivity contribution in [1.29, 1.82) is 0 Å². The van der Waals surface area contributed by atoms with Crippen LogP contribution in [0.15, 0.2) is 46.2 Å². The number of nitro groups is 1. The van der Waals surface area contributed by atoms with Crippen LogP contribution in [0.5, 0.6) is 0 Å². The zero-order valence-corrected chi connectivity index (χ0v) is 16.8. The SMILES string of the molecule is Cc1ccc(NS(=O)(=O)c2ccc(S(=O)(=O)N(C)C)cc2[N+](=O)[O-])c(C)c1. The summed E-state index contributed by atoms with van der Waals surface area (Å²) in [6.45, 7) is 3.55. The molecule has 0 radical (unpaired) electrons. The standard InChI is InChI=1S/C16H19N3O6S2/c1-11-5-7-14(12(2)9-11)17-26(22,23)16-8-6-13(10-15(16)19(20)21)27(24,25)18(3)4/h5-10,17H,1-4H3. The number of sulfonamides is 2. The van der Waals surface area contributed by atoms with Crippen LogP contribution in [0.4, 0.5) is 11.4 Å². The molecule has 0 atom stereocenters. The Morgan fingerprint density at radius 1 is 1.00 bits per heavy atom. The van der Waals surface area contributed by atoms with Gasteiger partial charge < -0.3 is 0 Å². The van der Waals surface area contributed by atoms with E-state index >= 15 is 0 Å². The van der Waals surface area contributed by atoms with E-state index in [1.165, 1.54) is 14.1 Å². The Morgan fingerprint density at radius 3 is 2.15 bits per heavy atom. The molecule has 2 aromatic carbocycles. The molecule has 0 aliphatic carbocycles. The van der Waals surface area contributed by atoms with Gasteiger partial charge in [0.05, 0.1) is 15.5 Å². The van der Waals surface area contributed by atoms with Crippen molar-refractivity contribution in [1.82, 2.24) is 4.31 Å². The van der Waals surface area contributed by atoms with Crippen LogP contribution in [0.3, 0.4) is 0 Å². The van der Waals surface area contributed by atoms with Gasteiger partial charge in [-0.05, 0) is 37.6 Å². The maximum absolute atomic E-state index is 12.7. The number of nitrogens with one attached hydrogen (secondary N) is 1. The summed E-state index contributed by atoms with van der Waals surface area (Å²) in [5.74, 6) is 0. The molecule has 11 heteroatoms. The summed E-state index contributed by atoms with van der Waals surface area (Å²) in [5, 5.41) is 11.4. The van der Waals surface area contributed by atoms with Crippen LogP contribution in [-0.2, 0) is 20.0 Å². The lowest BCUT2D eigenvalue weighted by Gasteiger charge is -2.14. The molecule has 0 spiro atoms. The van der Waals surface area contributed by atoms with E-state index in [1.807, 2.05) is 6.92 Å². The Balaban J connectivity index is 2.58. The second-order valence-corrected chi connectivity index (χ2v) is 9.90. The van der Waals surface area contributed by atoms with E-state index < -0.39 is 35.6 Å². The van der Waals surface area contributed by atoms with Gasteiger partial charge >= 0.3 is 0 Å². The molecule has 0 saturated carbocycles. The van der Waals surface area contributed by atoms with Crippen molar-refractivity contribution in [2.75, 3.05) is 18.8 Å². The van der Waals surface area contributed by atoms with Crippen molar-refractivity contribution in [2.24, 2.45) is 0 Å². The van der Waals surface area contributed by atoms with Crippen LogP contribution in [0, 0.1) is 24.0 Å². The molecule has 0 unspecified atom stereocenters. The van der Waals surface area contributed by atoms with Gasteiger partial charge in [0, 0.05) is 20.2 Å². The first kappa shape index (κ1) is 20.8. The van der Waals surface area contributed by atoms with Gasteiger partial charge in [-0.3, -0.25) is 14.8 Å². The third-order valence-corrected chi connectivity index (χ3v) is 7.05. The van der Waals surface area contributed by atoms with Crippen molar-refractivity contribution >= 4 is 31.4 Å².